The average Bonchev–Trinajstić information content (AvgIpc) is 2.38. The number of carbonyl (C=O) groups excluding carboxylic acids is 1. The summed E-state index contributed by atoms with van der Waals surface area (Å²) in [7, 11) is -1.73. The summed E-state index contributed by atoms with van der Waals surface area (Å²) in [5.74, 6) is -0.488. The van der Waals surface area contributed by atoms with Gasteiger partial charge in [0.1, 0.15) is 0 Å². The highest BCUT2D eigenvalue weighted by Gasteiger charge is 2.17. The highest BCUT2D eigenvalue weighted by Crippen LogP contribution is 2.24. The number of carbonyl (C=O) groups is 1. The van der Waals surface area contributed by atoms with E-state index in [4.69, 9.17) is 9.47 Å². The SMILES string of the molecule is CCCCOCC[PH](=O)CC(C)C(=O)OCCCC. The van der Waals surface area contributed by atoms with Crippen LogP contribution in [0.5, 0.6) is 0 Å². The quantitative estimate of drug-likeness (QED) is 0.314. The summed E-state index contributed by atoms with van der Waals surface area (Å²) in [6.45, 7) is 7.69. The summed E-state index contributed by atoms with van der Waals surface area (Å²) in [5, 5.41) is 0. The first kappa shape index (κ1) is 18.7. The lowest BCUT2D eigenvalue weighted by molar-refractivity contribution is -0.147. The second-order valence-corrected chi connectivity index (χ2v) is 6.87. The molecule has 0 saturated heterocycles. The van der Waals surface area contributed by atoms with Crippen molar-refractivity contribution in [2.24, 2.45) is 5.92 Å². The maximum Gasteiger partial charge on any atom is 0.309 e. The molecule has 0 radical (unpaired) electrons. The Morgan fingerprint density at radius 1 is 1.11 bits per heavy atom. The first-order valence-electron chi connectivity index (χ1n) is 7.37. The third kappa shape index (κ3) is 11.2. The zero-order valence-corrected chi connectivity index (χ0v) is 13.6. The summed E-state index contributed by atoms with van der Waals surface area (Å²) < 4.78 is 22.3. The fraction of sp³-hybridized carbons (Fsp3) is 0.929. The Kier molecular flexibility index (Phi) is 12.5. The van der Waals surface area contributed by atoms with Crippen LogP contribution in [0.1, 0.15) is 46.5 Å². The fourth-order valence-corrected chi connectivity index (χ4v) is 2.95. The van der Waals surface area contributed by atoms with Crippen molar-refractivity contribution in [1.82, 2.24) is 0 Å². The first-order valence-corrected chi connectivity index (χ1v) is 9.20. The van der Waals surface area contributed by atoms with Crippen LogP contribution in [0.2, 0.25) is 0 Å². The number of esters is 1. The van der Waals surface area contributed by atoms with E-state index >= 15 is 0 Å². The van der Waals surface area contributed by atoms with E-state index in [-0.39, 0.29) is 11.9 Å². The predicted molar refractivity (Wildman–Crippen MR) is 79.5 cm³/mol. The molecule has 0 saturated carbocycles. The zero-order valence-electron chi connectivity index (χ0n) is 12.6. The Balaban J connectivity index is 3.64. The molecule has 0 aromatic rings. The van der Waals surface area contributed by atoms with Gasteiger partial charge in [0, 0.05) is 18.9 Å². The highest BCUT2D eigenvalue weighted by molar-refractivity contribution is 7.44. The third-order valence-electron chi connectivity index (χ3n) is 2.85. The Bertz CT molecular complexity index is 256. The fourth-order valence-electron chi connectivity index (χ4n) is 1.52. The van der Waals surface area contributed by atoms with Crippen LogP contribution in [0.4, 0.5) is 0 Å². The normalized spacial score (nSPS) is 14.1. The van der Waals surface area contributed by atoms with Crippen molar-refractivity contribution in [2.75, 3.05) is 32.1 Å². The van der Waals surface area contributed by atoms with E-state index in [1.54, 1.807) is 6.92 Å². The van der Waals surface area contributed by atoms with E-state index in [0.29, 0.717) is 25.5 Å². The van der Waals surface area contributed by atoms with Gasteiger partial charge < -0.3 is 14.0 Å². The van der Waals surface area contributed by atoms with Gasteiger partial charge in [0.05, 0.1) is 26.9 Å². The number of unbranched alkanes of at least 4 members (excludes halogenated alkanes) is 2. The summed E-state index contributed by atoms with van der Waals surface area (Å²) in [4.78, 5) is 11.6. The maximum absolute atomic E-state index is 11.8. The highest BCUT2D eigenvalue weighted by atomic mass is 31.1. The van der Waals surface area contributed by atoms with E-state index in [1.165, 1.54) is 0 Å². The summed E-state index contributed by atoms with van der Waals surface area (Å²) in [5.41, 5.74) is 0. The van der Waals surface area contributed by atoms with Crippen LogP contribution in [-0.2, 0) is 18.8 Å². The van der Waals surface area contributed by atoms with E-state index in [9.17, 15) is 9.36 Å². The van der Waals surface area contributed by atoms with Crippen molar-refractivity contribution in [3.8, 4) is 0 Å². The number of hydrogen-bond donors (Lipinski definition) is 0. The summed E-state index contributed by atoms with van der Waals surface area (Å²) in [6.07, 6.45) is 5.05. The van der Waals surface area contributed by atoms with Gasteiger partial charge in [-0.1, -0.05) is 33.6 Å². The lowest BCUT2D eigenvalue weighted by Crippen LogP contribution is -2.18. The van der Waals surface area contributed by atoms with Gasteiger partial charge in [0.15, 0.2) is 0 Å². The van der Waals surface area contributed by atoms with Gasteiger partial charge in [-0.25, -0.2) is 0 Å². The lowest BCUT2D eigenvalue weighted by Gasteiger charge is -2.11. The summed E-state index contributed by atoms with van der Waals surface area (Å²) in [6, 6.07) is 0. The number of hydrogen-bond acceptors (Lipinski definition) is 4. The van der Waals surface area contributed by atoms with Crippen LogP contribution < -0.4 is 0 Å². The molecule has 2 atom stereocenters. The standard InChI is InChI=1S/C14H29O4P/c1-4-6-8-17-10-11-19(16)12-13(3)14(15)18-9-7-5-2/h13,19H,4-12H2,1-3H3. The van der Waals surface area contributed by atoms with Crippen LogP contribution in [-0.4, -0.2) is 38.1 Å². The second-order valence-electron chi connectivity index (χ2n) is 4.88. The molecule has 0 bridgehead atoms. The van der Waals surface area contributed by atoms with E-state index in [0.717, 1.165) is 32.3 Å². The second kappa shape index (κ2) is 12.7. The van der Waals surface area contributed by atoms with Gasteiger partial charge in [-0.15, -0.1) is 0 Å². The first-order chi connectivity index (χ1) is 9.11. The minimum atomic E-state index is -1.73. The smallest absolute Gasteiger partial charge is 0.309 e. The van der Waals surface area contributed by atoms with Gasteiger partial charge >= 0.3 is 5.97 Å². The van der Waals surface area contributed by atoms with Crippen LogP contribution in [0, 0.1) is 5.92 Å². The van der Waals surface area contributed by atoms with Crippen molar-refractivity contribution >= 4 is 13.8 Å². The van der Waals surface area contributed by atoms with Gasteiger partial charge in [0.2, 0.25) is 0 Å². The Labute approximate surface area is 118 Å². The molecular weight excluding hydrogens is 263 g/mol. The van der Waals surface area contributed by atoms with E-state index in [1.807, 2.05) is 0 Å². The minimum Gasteiger partial charge on any atom is -0.465 e. The van der Waals surface area contributed by atoms with Gasteiger partial charge in [-0.05, 0) is 12.8 Å². The number of rotatable bonds is 12. The van der Waals surface area contributed by atoms with Crippen molar-refractivity contribution in [1.29, 1.82) is 0 Å². The molecule has 0 heterocycles. The van der Waals surface area contributed by atoms with Crippen LogP contribution in [0.3, 0.4) is 0 Å². The molecule has 0 aromatic carbocycles. The van der Waals surface area contributed by atoms with Crippen molar-refractivity contribution in [2.45, 2.75) is 46.5 Å². The summed E-state index contributed by atoms with van der Waals surface area (Å²) >= 11 is 0. The van der Waals surface area contributed by atoms with Gasteiger partial charge in [-0.3, -0.25) is 4.79 Å². The molecule has 0 aromatic heterocycles. The Morgan fingerprint density at radius 2 is 1.74 bits per heavy atom. The largest absolute Gasteiger partial charge is 0.465 e. The molecule has 0 N–H and O–H groups in total. The van der Waals surface area contributed by atoms with Gasteiger partial charge in [0.25, 0.3) is 0 Å². The topological polar surface area (TPSA) is 52.6 Å². The molecule has 0 aliphatic heterocycles. The van der Waals surface area contributed by atoms with Gasteiger partial charge in [-0.2, -0.15) is 0 Å². The average molecular weight is 292 g/mol. The Morgan fingerprint density at radius 3 is 2.37 bits per heavy atom. The molecule has 0 aliphatic rings. The van der Waals surface area contributed by atoms with E-state index in [2.05, 4.69) is 13.8 Å². The lowest BCUT2D eigenvalue weighted by atomic mass is 10.2. The molecule has 0 aliphatic carbocycles. The predicted octanol–water partition coefficient (Wildman–Crippen LogP) is 3.34. The monoisotopic (exact) mass is 292 g/mol. The third-order valence-corrected chi connectivity index (χ3v) is 4.68. The molecular formula is C14H29O4P. The minimum absolute atomic E-state index is 0.223. The molecule has 4 nitrogen and oxygen atoms in total. The molecule has 2 unspecified atom stereocenters. The molecule has 19 heavy (non-hydrogen) atoms. The molecule has 0 amide bonds. The Hall–Kier alpha value is -0.340. The molecule has 0 rings (SSSR count). The molecule has 0 spiro atoms. The van der Waals surface area contributed by atoms with E-state index < -0.39 is 7.80 Å². The van der Waals surface area contributed by atoms with Crippen molar-refractivity contribution < 1.29 is 18.8 Å². The molecule has 5 heteroatoms. The van der Waals surface area contributed by atoms with Crippen molar-refractivity contribution in [3.05, 3.63) is 0 Å². The zero-order chi connectivity index (χ0) is 14.5. The van der Waals surface area contributed by atoms with Crippen LogP contribution in [0.25, 0.3) is 0 Å². The van der Waals surface area contributed by atoms with Crippen molar-refractivity contribution in [3.63, 3.8) is 0 Å². The van der Waals surface area contributed by atoms with Crippen LogP contribution >= 0.6 is 7.80 Å². The molecule has 114 valence electrons. The number of ether oxygens (including phenoxy) is 2. The molecule has 0 fully saturated rings. The van der Waals surface area contributed by atoms with Crippen LogP contribution in [0.15, 0.2) is 0 Å². The maximum atomic E-state index is 11.8.